The maximum Gasteiger partial charge on any atom is 0.211 e. The van der Waals surface area contributed by atoms with Gasteiger partial charge in [0.2, 0.25) is 16.0 Å². The molecule has 1 saturated heterocycles. The fraction of sp³-hybridized carbons (Fsp3) is 0.542. The van der Waals surface area contributed by atoms with E-state index in [4.69, 9.17) is 9.97 Å². The fourth-order valence-corrected chi connectivity index (χ4v) is 5.98. The second-order valence-corrected chi connectivity index (χ2v) is 11.5. The monoisotopic (exact) mass is 501 g/mol. The van der Waals surface area contributed by atoms with Crippen LogP contribution in [0.4, 0.5) is 16.0 Å². The van der Waals surface area contributed by atoms with Gasteiger partial charge in [0.25, 0.3) is 0 Å². The lowest BCUT2D eigenvalue weighted by Crippen LogP contribution is -2.44. The fourth-order valence-electron chi connectivity index (χ4n) is 5.11. The highest BCUT2D eigenvalue weighted by atomic mass is 32.2. The van der Waals surface area contributed by atoms with Crippen molar-refractivity contribution in [3.8, 4) is 0 Å². The van der Waals surface area contributed by atoms with Crippen LogP contribution in [-0.4, -0.2) is 64.2 Å². The zero-order valence-corrected chi connectivity index (χ0v) is 20.8. The van der Waals surface area contributed by atoms with Crippen molar-refractivity contribution >= 4 is 32.8 Å². The summed E-state index contributed by atoms with van der Waals surface area (Å²) in [5.74, 6) is 1.01. The minimum atomic E-state index is -3.11. The van der Waals surface area contributed by atoms with E-state index in [0.717, 1.165) is 50.0 Å². The summed E-state index contributed by atoms with van der Waals surface area (Å²) >= 11 is 0. The largest absolute Gasteiger partial charge is 0.323 e. The molecule has 0 unspecified atom stereocenters. The van der Waals surface area contributed by atoms with Gasteiger partial charge < -0.3 is 10.6 Å². The Labute approximate surface area is 205 Å². The molecular formula is C24H32FN7O2S. The standard InChI is InChI=1S/C24H32FN7O2S/c1-35(33,34)31-14-11-17(12-15-31)26-13-10-22-27-16-21-23(30-22)32(18-6-2-3-7-18)24(29-21)28-20-9-5-4-8-19(20)25/h4-5,8-9,16-18,26H,2-3,6-7,10-15H2,1H3,(H,28,29). The molecule has 1 aliphatic carbocycles. The SMILES string of the molecule is CS(=O)(=O)N1CCC(NCCc2ncc3nc(Nc4ccccc4F)n(C4CCCC4)c3n2)CC1. The summed E-state index contributed by atoms with van der Waals surface area (Å²) in [6, 6.07) is 7.16. The number of imidazole rings is 1. The Morgan fingerprint density at radius 3 is 2.54 bits per heavy atom. The van der Waals surface area contributed by atoms with E-state index in [9.17, 15) is 12.8 Å². The zero-order chi connectivity index (χ0) is 24.4. The van der Waals surface area contributed by atoms with Crippen LogP contribution in [0.15, 0.2) is 30.5 Å². The number of aromatic nitrogens is 4. The maximum atomic E-state index is 14.3. The highest BCUT2D eigenvalue weighted by Gasteiger charge is 2.26. The number of hydrogen-bond donors (Lipinski definition) is 2. The van der Waals surface area contributed by atoms with Crippen LogP contribution in [0.25, 0.3) is 11.2 Å². The average molecular weight is 502 g/mol. The summed E-state index contributed by atoms with van der Waals surface area (Å²) < 4.78 is 41.4. The summed E-state index contributed by atoms with van der Waals surface area (Å²) in [6.07, 6.45) is 9.68. The Bertz CT molecular complexity index is 1280. The van der Waals surface area contributed by atoms with E-state index in [2.05, 4.69) is 20.2 Å². The molecule has 35 heavy (non-hydrogen) atoms. The Kier molecular flexibility index (Phi) is 6.99. The van der Waals surface area contributed by atoms with Crippen molar-refractivity contribution < 1.29 is 12.8 Å². The minimum Gasteiger partial charge on any atom is -0.323 e. The van der Waals surface area contributed by atoms with E-state index in [-0.39, 0.29) is 17.9 Å². The van der Waals surface area contributed by atoms with E-state index < -0.39 is 10.0 Å². The molecule has 1 saturated carbocycles. The number of fused-ring (bicyclic) bond motifs is 1. The highest BCUT2D eigenvalue weighted by molar-refractivity contribution is 7.88. The first-order valence-electron chi connectivity index (χ1n) is 12.3. The molecule has 0 atom stereocenters. The lowest BCUT2D eigenvalue weighted by molar-refractivity contribution is 0.291. The van der Waals surface area contributed by atoms with Crippen LogP contribution in [0.5, 0.6) is 0 Å². The number of benzene rings is 1. The minimum absolute atomic E-state index is 0.273. The number of halogens is 1. The number of nitrogens with one attached hydrogen (secondary N) is 2. The van der Waals surface area contributed by atoms with Gasteiger partial charge in [-0.15, -0.1) is 0 Å². The van der Waals surface area contributed by atoms with Crippen molar-refractivity contribution in [3.63, 3.8) is 0 Å². The molecule has 0 bridgehead atoms. The molecule has 1 aliphatic heterocycles. The molecule has 2 fully saturated rings. The van der Waals surface area contributed by atoms with Crippen molar-refractivity contribution in [3.05, 3.63) is 42.1 Å². The summed E-state index contributed by atoms with van der Waals surface area (Å²) in [5, 5.41) is 6.70. The highest BCUT2D eigenvalue weighted by Crippen LogP contribution is 2.35. The number of piperidine rings is 1. The van der Waals surface area contributed by atoms with Gasteiger partial charge in [0.05, 0.1) is 18.1 Å². The van der Waals surface area contributed by atoms with E-state index in [1.807, 2.05) is 0 Å². The average Bonchev–Trinajstić information content (AvgIpc) is 3.47. The maximum absolute atomic E-state index is 14.3. The Hall–Kier alpha value is -2.63. The predicted molar refractivity (Wildman–Crippen MR) is 134 cm³/mol. The second kappa shape index (κ2) is 10.2. The molecule has 11 heteroatoms. The molecule has 0 spiro atoms. The second-order valence-electron chi connectivity index (χ2n) is 9.48. The number of sulfonamides is 1. The molecule has 2 N–H and O–H groups in total. The predicted octanol–water partition coefficient (Wildman–Crippen LogP) is 3.38. The summed E-state index contributed by atoms with van der Waals surface area (Å²) in [7, 11) is -3.11. The number of anilines is 2. The molecule has 5 rings (SSSR count). The van der Waals surface area contributed by atoms with Gasteiger partial charge in [-0.2, -0.15) is 0 Å². The first kappa shape index (κ1) is 24.1. The van der Waals surface area contributed by atoms with Crippen LogP contribution in [0.2, 0.25) is 0 Å². The third kappa shape index (κ3) is 5.46. The topological polar surface area (TPSA) is 105 Å². The quantitative estimate of drug-likeness (QED) is 0.488. The number of para-hydroxylation sites is 1. The Morgan fingerprint density at radius 2 is 1.83 bits per heavy atom. The van der Waals surface area contributed by atoms with Gasteiger partial charge >= 0.3 is 0 Å². The van der Waals surface area contributed by atoms with Crippen LogP contribution in [0.3, 0.4) is 0 Å². The third-order valence-corrected chi connectivity index (χ3v) is 8.30. The number of rotatable bonds is 8. The molecule has 9 nitrogen and oxygen atoms in total. The first-order chi connectivity index (χ1) is 16.9. The van der Waals surface area contributed by atoms with Crippen LogP contribution in [-0.2, 0) is 16.4 Å². The lowest BCUT2D eigenvalue weighted by Gasteiger charge is -2.30. The van der Waals surface area contributed by atoms with Gasteiger partial charge in [0, 0.05) is 38.1 Å². The normalized spacial score (nSPS) is 18.5. The number of hydrogen-bond acceptors (Lipinski definition) is 7. The van der Waals surface area contributed by atoms with E-state index >= 15 is 0 Å². The van der Waals surface area contributed by atoms with Gasteiger partial charge in [-0.05, 0) is 37.8 Å². The molecule has 2 aliphatic rings. The van der Waals surface area contributed by atoms with Crippen LogP contribution in [0, 0.1) is 5.82 Å². The Morgan fingerprint density at radius 1 is 1.09 bits per heavy atom. The van der Waals surface area contributed by atoms with Gasteiger partial charge in [0.1, 0.15) is 17.2 Å². The zero-order valence-electron chi connectivity index (χ0n) is 20.0. The molecule has 0 radical (unpaired) electrons. The summed E-state index contributed by atoms with van der Waals surface area (Å²) in [4.78, 5) is 14.1. The first-order valence-corrected chi connectivity index (χ1v) is 14.2. The summed E-state index contributed by atoms with van der Waals surface area (Å²) in [6.45, 7) is 1.82. The van der Waals surface area contributed by atoms with Crippen LogP contribution >= 0.6 is 0 Å². The van der Waals surface area contributed by atoms with Crippen molar-refractivity contribution in [1.82, 2.24) is 29.1 Å². The molecule has 2 aromatic heterocycles. The molecule has 3 aromatic rings. The van der Waals surface area contributed by atoms with E-state index in [1.54, 1.807) is 28.7 Å². The van der Waals surface area contributed by atoms with Crippen molar-refractivity contribution in [2.45, 2.75) is 57.0 Å². The Balaban J connectivity index is 1.30. The molecule has 1 aromatic carbocycles. The van der Waals surface area contributed by atoms with Crippen molar-refractivity contribution in [1.29, 1.82) is 0 Å². The van der Waals surface area contributed by atoms with E-state index in [1.165, 1.54) is 12.3 Å². The van der Waals surface area contributed by atoms with Gasteiger partial charge in [-0.1, -0.05) is 25.0 Å². The van der Waals surface area contributed by atoms with Gasteiger partial charge in [-0.25, -0.2) is 32.1 Å². The third-order valence-electron chi connectivity index (χ3n) is 7.00. The molecular weight excluding hydrogens is 469 g/mol. The molecule has 3 heterocycles. The van der Waals surface area contributed by atoms with E-state index in [0.29, 0.717) is 43.2 Å². The molecule has 188 valence electrons. The van der Waals surface area contributed by atoms with Crippen molar-refractivity contribution in [2.75, 3.05) is 31.2 Å². The smallest absolute Gasteiger partial charge is 0.211 e. The van der Waals surface area contributed by atoms with Gasteiger partial charge in [0.15, 0.2) is 5.65 Å². The molecule has 0 amide bonds. The van der Waals surface area contributed by atoms with Gasteiger partial charge in [-0.3, -0.25) is 4.57 Å². The van der Waals surface area contributed by atoms with Crippen LogP contribution in [0.1, 0.15) is 50.4 Å². The number of nitrogens with zero attached hydrogens (tertiary/aromatic N) is 5. The van der Waals surface area contributed by atoms with Crippen LogP contribution < -0.4 is 10.6 Å². The summed E-state index contributed by atoms with van der Waals surface area (Å²) in [5.41, 5.74) is 1.86. The van der Waals surface area contributed by atoms with Crippen molar-refractivity contribution in [2.24, 2.45) is 0 Å². The lowest BCUT2D eigenvalue weighted by atomic mass is 10.1.